The Hall–Kier alpha value is -1.82. The molecule has 0 spiro atoms. The van der Waals surface area contributed by atoms with Crippen molar-refractivity contribution < 1.29 is 18.4 Å². The van der Waals surface area contributed by atoms with Crippen LogP contribution in [0.1, 0.15) is 18.0 Å². The van der Waals surface area contributed by atoms with Crippen LogP contribution in [0.4, 0.5) is 8.78 Å². The third kappa shape index (κ3) is 1.83. The van der Waals surface area contributed by atoms with Crippen molar-refractivity contribution >= 4 is 11.8 Å². The standard InChI is InChI=1S/C13H12F2N2O2/c14-9-3-1-2-6(11(9)15)10(16)5-17-12(18)7-4-8(7)13(17)19/h1-3,7-8,10H,4-5,16H2. The number of nitrogens with two attached hydrogens (primary N) is 1. The Labute approximate surface area is 108 Å². The van der Waals surface area contributed by atoms with E-state index in [0.29, 0.717) is 6.42 Å². The molecule has 1 aromatic carbocycles. The van der Waals surface area contributed by atoms with Crippen molar-refractivity contribution in [2.75, 3.05) is 6.54 Å². The number of fused-ring (bicyclic) bond motifs is 1. The number of halogens is 2. The number of carbonyl (C=O) groups is 2. The van der Waals surface area contributed by atoms with Gasteiger partial charge in [-0.15, -0.1) is 0 Å². The first-order valence-electron chi connectivity index (χ1n) is 6.05. The Morgan fingerprint density at radius 2 is 1.89 bits per heavy atom. The molecule has 3 unspecified atom stereocenters. The highest BCUT2D eigenvalue weighted by Gasteiger charge is 2.58. The van der Waals surface area contributed by atoms with Crippen LogP contribution in [-0.2, 0) is 9.59 Å². The lowest BCUT2D eigenvalue weighted by molar-refractivity contribution is -0.141. The molecule has 1 heterocycles. The van der Waals surface area contributed by atoms with Crippen molar-refractivity contribution in [2.45, 2.75) is 12.5 Å². The minimum Gasteiger partial charge on any atom is -0.322 e. The van der Waals surface area contributed by atoms with Gasteiger partial charge in [-0.3, -0.25) is 14.5 Å². The second-order valence-electron chi connectivity index (χ2n) is 4.99. The van der Waals surface area contributed by atoms with E-state index in [-0.39, 0.29) is 35.8 Å². The summed E-state index contributed by atoms with van der Waals surface area (Å²) >= 11 is 0. The fourth-order valence-electron chi connectivity index (χ4n) is 2.53. The second kappa shape index (κ2) is 4.09. The minimum atomic E-state index is -1.03. The predicted octanol–water partition coefficient (Wildman–Crippen LogP) is 0.970. The minimum absolute atomic E-state index is 0.0267. The molecule has 1 saturated carbocycles. The van der Waals surface area contributed by atoms with E-state index in [2.05, 4.69) is 0 Å². The monoisotopic (exact) mass is 266 g/mol. The van der Waals surface area contributed by atoms with Gasteiger partial charge < -0.3 is 5.73 Å². The lowest BCUT2D eigenvalue weighted by Crippen LogP contribution is -2.39. The van der Waals surface area contributed by atoms with Crippen molar-refractivity contribution in [3.63, 3.8) is 0 Å². The summed E-state index contributed by atoms with van der Waals surface area (Å²) in [6, 6.07) is 2.78. The number of piperidine rings is 1. The Balaban J connectivity index is 1.78. The molecule has 2 aliphatic rings. The summed E-state index contributed by atoms with van der Waals surface area (Å²) in [6.45, 7) is -0.106. The van der Waals surface area contributed by atoms with E-state index in [9.17, 15) is 18.4 Å². The normalized spacial score (nSPS) is 26.6. The van der Waals surface area contributed by atoms with Crippen LogP contribution in [0, 0.1) is 23.5 Å². The molecule has 1 saturated heterocycles. The van der Waals surface area contributed by atoms with Crippen LogP contribution in [0.25, 0.3) is 0 Å². The molecule has 4 nitrogen and oxygen atoms in total. The highest BCUT2D eigenvalue weighted by atomic mass is 19.2. The molecule has 1 aliphatic heterocycles. The SMILES string of the molecule is NC(CN1C(=O)C2CC2C1=O)c1cccc(F)c1F. The van der Waals surface area contributed by atoms with Crippen molar-refractivity contribution in [2.24, 2.45) is 17.6 Å². The molecule has 0 bridgehead atoms. The molecule has 6 heteroatoms. The number of amides is 2. The third-order valence-electron chi connectivity index (χ3n) is 3.72. The number of carbonyl (C=O) groups excluding carboxylic acids is 2. The van der Waals surface area contributed by atoms with Gasteiger partial charge in [0.1, 0.15) is 0 Å². The van der Waals surface area contributed by atoms with Crippen LogP contribution >= 0.6 is 0 Å². The highest BCUT2D eigenvalue weighted by molar-refractivity contribution is 6.08. The van der Waals surface area contributed by atoms with E-state index >= 15 is 0 Å². The van der Waals surface area contributed by atoms with E-state index in [4.69, 9.17) is 5.73 Å². The maximum Gasteiger partial charge on any atom is 0.233 e. The number of likely N-dealkylation sites (tertiary alicyclic amines) is 1. The molecule has 0 aromatic heterocycles. The summed E-state index contributed by atoms with van der Waals surface area (Å²) in [5, 5.41) is 0. The molecule has 1 aromatic rings. The average Bonchev–Trinajstić information content (AvgIpc) is 3.13. The van der Waals surface area contributed by atoms with Gasteiger partial charge in [-0.1, -0.05) is 12.1 Å². The van der Waals surface area contributed by atoms with Crippen LogP contribution in [0.3, 0.4) is 0 Å². The first-order valence-corrected chi connectivity index (χ1v) is 6.05. The van der Waals surface area contributed by atoms with E-state index in [0.717, 1.165) is 11.0 Å². The second-order valence-corrected chi connectivity index (χ2v) is 4.99. The summed E-state index contributed by atoms with van der Waals surface area (Å²) in [5.41, 5.74) is 5.75. The van der Waals surface area contributed by atoms with E-state index in [1.54, 1.807) is 0 Å². The van der Waals surface area contributed by atoms with E-state index < -0.39 is 17.7 Å². The van der Waals surface area contributed by atoms with Gasteiger partial charge in [-0.2, -0.15) is 0 Å². The van der Waals surface area contributed by atoms with Crippen LogP contribution in [0.5, 0.6) is 0 Å². The summed E-state index contributed by atoms with van der Waals surface area (Å²) in [6.07, 6.45) is 0.609. The van der Waals surface area contributed by atoms with Crippen LogP contribution in [0.15, 0.2) is 18.2 Å². The van der Waals surface area contributed by atoms with Crippen molar-refractivity contribution in [3.8, 4) is 0 Å². The maximum absolute atomic E-state index is 13.6. The van der Waals surface area contributed by atoms with Crippen molar-refractivity contribution in [1.29, 1.82) is 0 Å². The zero-order valence-electron chi connectivity index (χ0n) is 9.98. The molecule has 100 valence electrons. The largest absolute Gasteiger partial charge is 0.322 e. The molecule has 3 atom stereocenters. The Morgan fingerprint density at radius 3 is 2.53 bits per heavy atom. The van der Waals surface area contributed by atoms with Crippen LogP contribution in [-0.4, -0.2) is 23.3 Å². The topological polar surface area (TPSA) is 63.4 Å². The summed E-state index contributed by atoms with van der Waals surface area (Å²) < 4.78 is 26.7. The number of hydrogen-bond donors (Lipinski definition) is 1. The molecule has 2 amide bonds. The summed E-state index contributed by atoms with van der Waals surface area (Å²) in [4.78, 5) is 24.6. The smallest absolute Gasteiger partial charge is 0.233 e. The summed E-state index contributed by atoms with van der Waals surface area (Å²) in [7, 11) is 0. The van der Waals surface area contributed by atoms with Gasteiger partial charge in [0, 0.05) is 12.1 Å². The number of rotatable bonds is 3. The molecular formula is C13H12F2N2O2. The van der Waals surface area contributed by atoms with Gasteiger partial charge in [0.25, 0.3) is 0 Å². The third-order valence-corrected chi connectivity index (χ3v) is 3.72. The Kier molecular flexibility index (Phi) is 2.63. The lowest BCUT2D eigenvalue weighted by Gasteiger charge is -2.21. The average molecular weight is 266 g/mol. The highest BCUT2D eigenvalue weighted by Crippen LogP contribution is 2.47. The van der Waals surface area contributed by atoms with Crippen molar-refractivity contribution in [1.82, 2.24) is 4.90 Å². The zero-order chi connectivity index (χ0) is 13.7. The molecule has 0 radical (unpaired) electrons. The van der Waals surface area contributed by atoms with Gasteiger partial charge in [0.05, 0.1) is 17.9 Å². The van der Waals surface area contributed by atoms with Crippen molar-refractivity contribution in [3.05, 3.63) is 35.4 Å². The van der Waals surface area contributed by atoms with E-state index in [1.165, 1.54) is 12.1 Å². The predicted molar refractivity (Wildman–Crippen MR) is 61.6 cm³/mol. The molecule has 19 heavy (non-hydrogen) atoms. The number of nitrogens with zero attached hydrogens (tertiary/aromatic N) is 1. The number of hydrogen-bond acceptors (Lipinski definition) is 3. The number of imide groups is 1. The molecule has 2 fully saturated rings. The molecule has 1 aliphatic carbocycles. The van der Waals surface area contributed by atoms with Crippen LogP contribution in [0.2, 0.25) is 0 Å². The van der Waals surface area contributed by atoms with Crippen LogP contribution < -0.4 is 5.73 Å². The van der Waals surface area contributed by atoms with Gasteiger partial charge in [-0.05, 0) is 12.5 Å². The Morgan fingerprint density at radius 1 is 1.26 bits per heavy atom. The van der Waals surface area contributed by atoms with E-state index in [1.807, 2.05) is 0 Å². The molecular weight excluding hydrogens is 254 g/mol. The van der Waals surface area contributed by atoms with Gasteiger partial charge in [0.2, 0.25) is 11.8 Å². The number of benzene rings is 1. The quantitative estimate of drug-likeness (QED) is 0.829. The first-order chi connectivity index (χ1) is 9.00. The first kappa shape index (κ1) is 12.2. The summed E-state index contributed by atoms with van der Waals surface area (Å²) in [5.74, 6) is -2.94. The lowest BCUT2D eigenvalue weighted by atomic mass is 10.1. The van der Waals surface area contributed by atoms with Gasteiger partial charge in [-0.25, -0.2) is 8.78 Å². The fourth-order valence-corrected chi connectivity index (χ4v) is 2.53. The van der Waals surface area contributed by atoms with Gasteiger partial charge >= 0.3 is 0 Å². The zero-order valence-corrected chi connectivity index (χ0v) is 9.98. The maximum atomic E-state index is 13.6. The van der Waals surface area contributed by atoms with Gasteiger partial charge in [0.15, 0.2) is 11.6 Å². The molecule has 2 N–H and O–H groups in total. The molecule has 3 rings (SSSR count). The fraction of sp³-hybridized carbons (Fsp3) is 0.385. The Bertz CT molecular complexity index is 556.